The number of aromatic nitrogens is 3. The third-order valence-corrected chi connectivity index (χ3v) is 2.31. The maximum Gasteiger partial charge on any atom is 0.243 e. The lowest BCUT2D eigenvalue weighted by atomic mass is 9.95. The SMILES string of the molecule is CN(C)c1nc(NN)nc(NCC(C)(C)CO)n1. The van der Waals surface area contributed by atoms with Crippen LogP contribution in [-0.2, 0) is 0 Å². The summed E-state index contributed by atoms with van der Waals surface area (Å²) in [5.41, 5.74) is 2.15. The molecule has 18 heavy (non-hydrogen) atoms. The molecule has 5 N–H and O–H groups in total. The van der Waals surface area contributed by atoms with E-state index in [4.69, 9.17) is 5.84 Å². The Kier molecular flexibility index (Phi) is 4.62. The van der Waals surface area contributed by atoms with E-state index in [0.29, 0.717) is 18.4 Å². The van der Waals surface area contributed by atoms with Gasteiger partial charge in [-0.1, -0.05) is 13.8 Å². The first-order valence-electron chi connectivity index (χ1n) is 5.63. The minimum atomic E-state index is -0.249. The maximum atomic E-state index is 9.18. The third-order valence-electron chi connectivity index (χ3n) is 2.31. The van der Waals surface area contributed by atoms with E-state index in [1.807, 2.05) is 27.9 Å². The number of nitrogen functional groups attached to an aromatic ring is 1. The van der Waals surface area contributed by atoms with Gasteiger partial charge in [-0.2, -0.15) is 15.0 Å². The first kappa shape index (κ1) is 14.4. The number of nitrogens with two attached hydrogens (primary N) is 1. The van der Waals surface area contributed by atoms with Gasteiger partial charge in [0.15, 0.2) is 0 Å². The Morgan fingerprint density at radius 3 is 2.33 bits per heavy atom. The number of aliphatic hydroxyl groups is 1. The van der Waals surface area contributed by atoms with Gasteiger partial charge in [-0.05, 0) is 0 Å². The molecule has 0 aliphatic rings. The molecule has 0 unspecified atom stereocenters. The van der Waals surface area contributed by atoms with E-state index in [-0.39, 0.29) is 18.0 Å². The summed E-state index contributed by atoms with van der Waals surface area (Å²) in [7, 11) is 3.66. The van der Waals surface area contributed by atoms with Crippen LogP contribution in [0.25, 0.3) is 0 Å². The van der Waals surface area contributed by atoms with E-state index in [1.165, 1.54) is 0 Å². The van der Waals surface area contributed by atoms with Gasteiger partial charge in [-0.15, -0.1) is 0 Å². The van der Waals surface area contributed by atoms with Gasteiger partial charge in [-0.25, -0.2) is 5.84 Å². The molecule has 0 aliphatic heterocycles. The summed E-state index contributed by atoms with van der Waals surface area (Å²) in [5, 5.41) is 12.2. The predicted octanol–water partition coefficient (Wildman–Crippen LogP) is -0.346. The van der Waals surface area contributed by atoms with Crippen molar-refractivity contribution in [2.75, 3.05) is 42.9 Å². The molecule has 1 aromatic heterocycles. The average molecular weight is 255 g/mol. The standard InChI is InChI=1S/C10H21N7O/c1-10(2,6-18)5-12-7-13-8(16-11)15-9(14-7)17(3)4/h18H,5-6,11H2,1-4H3,(H2,12,13,14,15,16). The summed E-state index contributed by atoms with van der Waals surface area (Å²) >= 11 is 0. The molecule has 0 radical (unpaired) electrons. The molecular weight excluding hydrogens is 234 g/mol. The number of hydrogen-bond donors (Lipinski definition) is 4. The van der Waals surface area contributed by atoms with Gasteiger partial charge in [0.1, 0.15) is 0 Å². The zero-order valence-corrected chi connectivity index (χ0v) is 11.2. The molecule has 8 nitrogen and oxygen atoms in total. The van der Waals surface area contributed by atoms with Crippen LogP contribution in [0, 0.1) is 5.41 Å². The minimum absolute atomic E-state index is 0.0770. The summed E-state index contributed by atoms with van der Waals surface area (Å²) in [6.45, 7) is 4.50. The van der Waals surface area contributed by atoms with Crippen LogP contribution in [0.15, 0.2) is 0 Å². The number of anilines is 3. The molecule has 0 aliphatic carbocycles. The fraction of sp³-hybridized carbons (Fsp3) is 0.700. The third kappa shape index (κ3) is 3.97. The van der Waals surface area contributed by atoms with Gasteiger partial charge < -0.3 is 15.3 Å². The van der Waals surface area contributed by atoms with Crippen molar-refractivity contribution in [2.45, 2.75) is 13.8 Å². The first-order valence-corrected chi connectivity index (χ1v) is 5.63. The Balaban J connectivity index is 2.85. The van der Waals surface area contributed by atoms with Gasteiger partial charge >= 0.3 is 0 Å². The highest BCUT2D eigenvalue weighted by Crippen LogP contribution is 2.16. The molecule has 0 bridgehead atoms. The number of rotatable bonds is 6. The van der Waals surface area contributed by atoms with Crippen LogP contribution in [0.1, 0.15) is 13.8 Å². The largest absolute Gasteiger partial charge is 0.396 e. The average Bonchev–Trinajstić information content (AvgIpc) is 2.36. The highest BCUT2D eigenvalue weighted by molar-refractivity contribution is 5.42. The number of nitrogens with one attached hydrogen (secondary N) is 2. The minimum Gasteiger partial charge on any atom is -0.396 e. The highest BCUT2D eigenvalue weighted by Gasteiger charge is 2.17. The summed E-state index contributed by atoms with van der Waals surface area (Å²) in [6, 6.07) is 0. The second-order valence-corrected chi connectivity index (χ2v) is 5.00. The van der Waals surface area contributed by atoms with E-state index in [0.717, 1.165) is 0 Å². The van der Waals surface area contributed by atoms with Crippen LogP contribution in [0.5, 0.6) is 0 Å². The van der Waals surface area contributed by atoms with Gasteiger partial charge in [0.05, 0.1) is 0 Å². The Morgan fingerprint density at radius 1 is 1.22 bits per heavy atom. The van der Waals surface area contributed by atoms with Crippen LogP contribution >= 0.6 is 0 Å². The molecule has 1 rings (SSSR count). The summed E-state index contributed by atoms with van der Waals surface area (Å²) in [6.07, 6.45) is 0. The summed E-state index contributed by atoms with van der Waals surface area (Å²) in [4.78, 5) is 14.2. The molecule has 1 aromatic rings. The second-order valence-electron chi connectivity index (χ2n) is 5.00. The zero-order chi connectivity index (χ0) is 13.8. The normalized spacial score (nSPS) is 11.2. The van der Waals surface area contributed by atoms with Gasteiger partial charge in [0.25, 0.3) is 0 Å². The van der Waals surface area contributed by atoms with E-state index >= 15 is 0 Å². The highest BCUT2D eigenvalue weighted by atomic mass is 16.3. The van der Waals surface area contributed by atoms with Crippen LogP contribution in [-0.4, -0.2) is 47.3 Å². The molecule has 0 fully saturated rings. The molecule has 102 valence electrons. The Hall–Kier alpha value is -1.67. The fourth-order valence-electron chi connectivity index (χ4n) is 1.08. The molecule has 0 atom stereocenters. The van der Waals surface area contributed by atoms with Crippen molar-refractivity contribution < 1.29 is 5.11 Å². The topological polar surface area (TPSA) is 112 Å². The molecule has 0 amide bonds. The van der Waals surface area contributed by atoms with E-state index in [1.54, 1.807) is 4.90 Å². The number of aliphatic hydroxyl groups excluding tert-OH is 1. The maximum absolute atomic E-state index is 9.18. The monoisotopic (exact) mass is 255 g/mol. The van der Waals surface area contributed by atoms with E-state index < -0.39 is 0 Å². The second kappa shape index (κ2) is 5.78. The Labute approximate surface area is 107 Å². The van der Waals surface area contributed by atoms with Crippen molar-refractivity contribution in [1.82, 2.24) is 15.0 Å². The molecule has 0 aromatic carbocycles. The Morgan fingerprint density at radius 2 is 1.83 bits per heavy atom. The van der Waals surface area contributed by atoms with Crippen molar-refractivity contribution in [1.29, 1.82) is 0 Å². The van der Waals surface area contributed by atoms with E-state index in [9.17, 15) is 5.11 Å². The zero-order valence-electron chi connectivity index (χ0n) is 11.2. The molecule has 1 heterocycles. The lowest BCUT2D eigenvalue weighted by Gasteiger charge is -2.22. The van der Waals surface area contributed by atoms with Crippen LogP contribution in [0.3, 0.4) is 0 Å². The quantitative estimate of drug-likeness (QED) is 0.403. The molecule has 8 heteroatoms. The smallest absolute Gasteiger partial charge is 0.243 e. The lowest BCUT2D eigenvalue weighted by Crippen LogP contribution is -2.28. The number of hydrogen-bond acceptors (Lipinski definition) is 8. The molecule has 0 spiro atoms. The first-order chi connectivity index (χ1) is 8.38. The summed E-state index contributed by atoms with van der Waals surface area (Å²) in [5.74, 6) is 6.52. The number of hydrazine groups is 1. The fourth-order valence-corrected chi connectivity index (χ4v) is 1.08. The summed E-state index contributed by atoms with van der Waals surface area (Å²) < 4.78 is 0. The molecule has 0 saturated carbocycles. The van der Waals surface area contributed by atoms with Crippen LogP contribution < -0.4 is 21.5 Å². The number of nitrogens with zero attached hydrogens (tertiary/aromatic N) is 4. The molecular formula is C10H21N7O. The molecule has 0 saturated heterocycles. The van der Waals surface area contributed by atoms with E-state index in [2.05, 4.69) is 25.7 Å². The Bertz CT molecular complexity index is 394. The predicted molar refractivity (Wildman–Crippen MR) is 71.3 cm³/mol. The van der Waals surface area contributed by atoms with Crippen molar-refractivity contribution in [3.8, 4) is 0 Å². The van der Waals surface area contributed by atoms with Gasteiger partial charge in [-0.3, -0.25) is 5.43 Å². The lowest BCUT2D eigenvalue weighted by molar-refractivity contribution is 0.170. The van der Waals surface area contributed by atoms with Crippen LogP contribution in [0.4, 0.5) is 17.8 Å². The van der Waals surface area contributed by atoms with Crippen molar-refractivity contribution in [2.24, 2.45) is 11.3 Å². The van der Waals surface area contributed by atoms with Crippen LogP contribution in [0.2, 0.25) is 0 Å². The van der Waals surface area contributed by atoms with Gasteiger partial charge in [0, 0.05) is 32.7 Å². The van der Waals surface area contributed by atoms with Gasteiger partial charge in [0.2, 0.25) is 17.8 Å². The van der Waals surface area contributed by atoms with Crippen molar-refractivity contribution >= 4 is 17.8 Å². The van der Waals surface area contributed by atoms with Crippen molar-refractivity contribution in [3.05, 3.63) is 0 Å². The van der Waals surface area contributed by atoms with Crippen molar-refractivity contribution in [3.63, 3.8) is 0 Å².